The Morgan fingerprint density at radius 1 is 0.688 bits per heavy atom. The van der Waals surface area contributed by atoms with Crippen molar-refractivity contribution in [1.29, 1.82) is 0 Å². The first kappa shape index (κ1) is 18.8. The Balaban J connectivity index is 1.58. The summed E-state index contributed by atoms with van der Waals surface area (Å²) in [6, 6.07) is 32.0. The number of amidine groups is 2. The van der Waals surface area contributed by atoms with Gasteiger partial charge in [0.2, 0.25) is 0 Å². The van der Waals surface area contributed by atoms with Crippen molar-refractivity contribution in [3.63, 3.8) is 0 Å². The van der Waals surface area contributed by atoms with Gasteiger partial charge in [-0.3, -0.25) is 0 Å². The normalized spacial score (nSPS) is 14.3. The van der Waals surface area contributed by atoms with Gasteiger partial charge in [0.15, 0.2) is 11.7 Å². The van der Waals surface area contributed by atoms with E-state index in [1.165, 1.54) is 0 Å². The lowest BCUT2D eigenvalue weighted by atomic mass is 10.0. The van der Waals surface area contributed by atoms with Crippen LogP contribution in [0.4, 0.5) is 0 Å². The van der Waals surface area contributed by atoms with E-state index in [1.54, 1.807) is 0 Å². The molecule has 154 valence electrons. The zero-order valence-corrected chi connectivity index (χ0v) is 17.8. The van der Waals surface area contributed by atoms with E-state index >= 15 is 0 Å². The lowest BCUT2D eigenvalue weighted by Gasteiger charge is -2.22. The molecule has 0 amide bonds. The Morgan fingerprint density at radius 2 is 1.31 bits per heavy atom. The number of fused-ring (bicyclic) bond motifs is 3. The Bertz CT molecular complexity index is 1450. The van der Waals surface area contributed by atoms with E-state index in [9.17, 15) is 0 Å². The molecule has 5 aromatic rings. The molecule has 0 aliphatic carbocycles. The molecule has 0 bridgehead atoms. The van der Waals surface area contributed by atoms with E-state index in [0.29, 0.717) is 10.6 Å². The molecular formula is C27H18ClN3O. The first-order chi connectivity index (χ1) is 15.8. The average molecular weight is 436 g/mol. The molecular weight excluding hydrogens is 418 g/mol. The van der Waals surface area contributed by atoms with Crippen molar-refractivity contribution < 1.29 is 4.42 Å². The van der Waals surface area contributed by atoms with Crippen LogP contribution >= 0.6 is 11.6 Å². The Labute approximate surface area is 189 Å². The van der Waals surface area contributed by atoms with Gasteiger partial charge in [-0.25, -0.2) is 9.98 Å². The third-order valence-corrected chi connectivity index (χ3v) is 5.92. The molecule has 4 aromatic carbocycles. The second-order valence-corrected chi connectivity index (χ2v) is 8.03. The monoisotopic (exact) mass is 435 g/mol. The highest BCUT2D eigenvalue weighted by atomic mass is 35.5. The molecule has 32 heavy (non-hydrogen) atoms. The largest absolute Gasteiger partial charge is 0.454 e. The van der Waals surface area contributed by atoms with Crippen LogP contribution in [-0.2, 0) is 0 Å². The van der Waals surface area contributed by atoms with Crippen molar-refractivity contribution in [3.05, 3.63) is 119 Å². The number of nitrogens with one attached hydrogen (secondary N) is 1. The van der Waals surface area contributed by atoms with E-state index in [1.807, 2.05) is 91.0 Å². The second-order valence-electron chi connectivity index (χ2n) is 7.63. The van der Waals surface area contributed by atoms with Gasteiger partial charge in [-0.05, 0) is 12.1 Å². The molecule has 1 N–H and O–H groups in total. The second kappa shape index (κ2) is 7.66. The zero-order chi connectivity index (χ0) is 21.5. The van der Waals surface area contributed by atoms with E-state index < -0.39 is 6.17 Å². The highest BCUT2D eigenvalue weighted by Crippen LogP contribution is 2.38. The summed E-state index contributed by atoms with van der Waals surface area (Å²) in [6.45, 7) is 0. The van der Waals surface area contributed by atoms with Crippen LogP contribution in [0.5, 0.6) is 0 Å². The summed E-state index contributed by atoms with van der Waals surface area (Å²) in [5.74, 6) is 1.57. The van der Waals surface area contributed by atoms with E-state index in [0.717, 1.165) is 44.7 Å². The van der Waals surface area contributed by atoms with Gasteiger partial charge < -0.3 is 9.73 Å². The van der Waals surface area contributed by atoms with Gasteiger partial charge in [0.1, 0.15) is 17.3 Å². The lowest BCUT2D eigenvalue weighted by molar-refractivity contribution is 0.667. The van der Waals surface area contributed by atoms with Gasteiger partial charge in [-0.2, -0.15) is 0 Å². The molecule has 1 aliphatic rings. The minimum Gasteiger partial charge on any atom is -0.454 e. The fraction of sp³-hybridized carbons (Fsp3) is 0.0370. The average Bonchev–Trinajstić information content (AvgIpc) is 3.25. The van der Waals surface area contributed by atoms with E-state index in [4.69, 9.17) is 26.0 Å². The third-order valence-electron chi connectivity index (χ3n) is 5.62. The number of hydrogen-bond donors (Lipinski definition) is 1. The highest BCUT2D eigenvalue weighted by molar-refractivity contribution is 6.35. The van der Waals surface area contributed by atoms with Gasteiger partial charge in [0.05, 0.1) is 5.02 Å². The maximum atomic E-state index is 6.41. The maximum absolute atomic E-state index is 6.41. The predicted molar refractivity (Wildman–Crippen MR) is 131 cm³/mol. The standard InChI is InChI=1S/C27H18ClN3O/c28-21-15-7-13-19-23-20(14-8-16-22(23)32-24(19)21)27-30-25(17-9-3-1-4-10-17)29-26(31-27)18-11-5-2-6-12-18/h1-16,27H,(H,29,30,31). The molecule has 0 radical (unpaired) electrons. The van der Waals surface area contributed by atoms with Gasteiger partial charge >= 0.3 is 0 Å². The number of hydrogen-bond acceptors (Lipinski definition) is 4. The number of aliphatic imine (C=N–C) groups is 2. The third kappa shape index (κ3) is 3.17. The number of furan rings is 1. The molecule has 1 aliphatic heterocycles. The van der Waals surface area contributed by atoms with Gasteiger partial charge in [-0.15, -0.1) is 0 Å². The van der Waals surface area contributed by atoms with Crippen LogP contribution in [0, 0.1) is 0 Å². The minimum atomic E-state index is -0.426. The van der Waals surface area contributed by atoms with Crippen LogP contribution in [0.15, 0.2) is 111 Å². The summed E-state index contributed by atoms with van der Waals surface area (Å²) in [5, 5.41) is 5.98. The predicted octanol–water partition coefficient (Wildman–Crippen LogP) is 6.73. The number of nitrogens with zero attached hydrogens (tertiary/aromatic N) is 2. The van der Waals surface area contributed by atoms with E-state index in [2.05, 4.69) is 11.4 Å². The summed E-state index contributed by atoms with van der Waals surface area (Å²) in [6.07, 6.45) is -0.426. The molecule has 4 nitrogen and oxygen atoms in total. The molecule has 0 saturated carbocycles. The van der Waals surface area contributed by atoms with Crippen molar-refractivity contribution in [2.75, 3.05) is 0 Å². The van der Waals surface area contributed by atoms with Crippen LogP contribution < -0.4 is 5.32 Å². The molecule has 0 fully saturated rings. The van der Waals surface area contributed by atoms with Gasteiger partial charge in [-0.1, -0.05) is 96.5 Å². The number of para-hydroxylation sites is 1. The minimum absolute atomic E-state index is 0.426. The smallest absolute Gasteiger partial charge is 0.170 e. The van der Waals surface area contributed by atoms with Crippen LogP contribution in [0.2, 0.25) is 5.02 Å². The van der Waals surface area contributed by atoms with Gasteiger partial charge in [0.25, 0.3) is 0 Å². The number of halogens is 1. The summed E-state index contributed by atoms with van der Waals surface area (Å²) >= 11 is 6.41. The molecule has 2 heterocycles. The molecule has 5 heteroatoms. The van der Waals surface area contributed by atoms with Crippen molar-refractivity contribution in [1.82, 2.24) is 5.32 Å². The SMILES string of the molecule is Clc1cccc2c1oc1cccc(C3N=C(c4ccccc4)NC(c4ccccc4)=N3)c12. The molecule has 0 atom stereocenters. The van der Waals surface area contributed by atoms with Crippen molar-refractivity contribution in [2.24, 2.45) is 9.98 Å². The Kier molecular flexibility index (Phi) is 4.51. The van der Waals surface area contributed by atoms with Crippen molar-refractivity contribution in [2.45, 2.75) is 6.17 Å². The maximum Gasteiger partial charge on any atom is 0.170 e. The first-order valence-corrected chi connectivity index (χ1v) is 10.8. The van der Waals surface area contributed by atoms with E-state index in [-0.39, 0.29) is 0 Å². The van der Waals surface area contributed by atoms with Crippen LogP contribution in [0.25, 0.3) is 21.9 Å². The summed E-state index contributed by atoms with van der Waals surface area (Å²) in [5.41, 5.74) is 4.45. The van der Waals surface area contributed by atoms with Crippen LogP contribution in [0.3, 0.4) is 0 Å². The molecule has 0 spiro atoms. The highest BCUT2D eigenvalue weighted by Gasteiger charge is 2.24. The Morgan fingerprint density at radius 3 is 1.97 bits per heavy atom. The summed E-state index contributed by atoms with van der Waals surface area (Å²) < 4.78 is 6.09. The molecule has 6 rings (SSSR count). The molecule has 0 saturated heterocycles. The number of rotatable bonds is 3. The van der Waals surface area contributed by atoms with Crippen molar-refractivity contribution in [3.8, 4) is 0 Å². The summed E-state index contributed by atoms with van der Waals surface area (Å²) in [7, 11) is 0. The molecule has 0 unspecified atom stereocenters. The fourth-order valence-corrected chi connectivity index (χ4v) is 4.34. The Hall–Kier alpha value is -3.89. The lowest BCUT2D eigenvalue weighted by Crippen LogP contribution is -2.36. The topological polar surface area (TPSA) is 49.9 Å². The summed E-state index contributed by atoms with van der Waals surface area (Å²) in [4.78, 5) is 10.0. The van der Waals surface area contributed by atoms with Gasteiger partial charge in [0, 0.05) is 27.5 Å². The van der Waals surface area contributed by atoms with Crippen LogP contribution in [-0.4, -0.2) is 11.7 Å². The first-order valence-electron chi connectivity index (χ1n) is 10.4. The quantitative estimate of drug-likeness (QED) is 0.341. The zero-order valence-electron chi connectivity index (χ0n) is 17.0. The fourth-order valence-electron chi connectivity index (χ4n) is 4.13. The van der Waals surface area contributed by atoms with Crippen LogP contribution in [0.1, 0.15) is 22.9 Å². The molecule has 1 aromatic heterocycles. The number of benzene rings is 4. The van der Waals surface area contributed by atoms with Crippen molar-refractivity contribution >= 4 is 45.2 Å².